The second kappa shape index (κ2) is 2.30. The van der Waals surface area contributed by atoms with Crippen molar-refractivity contribution in [2.45, 2.75) is 0 Å². The highest BCUT2D eigenvalue weighted by Gasteiger charge is 2.05. The maximum absolute atomic E-state index is 10.6. The van der Waals surface area contributed by atoms with E-state index in [2.05, 4.69) is 9.97 Å². The molecule has 2 aromatic heterocycles. The Morgan fingerprint density at radius 1 is 1.50 bits per heavy atom. The van der Waals surface area contributed by atoms with E-state index in [1.807, 2.05) is 0 Å². The first-order valence-electron chi connectivity index (χ1n) is 3.26. The van der Waals surface area contributed by atoms with Gasteiger partial charge in [0.25, 0.3) is 5.91 Å². The minimum absolute atomic E-state index is 0.00361. The fraction of sp³-hybridized carbons (Fsp3) is 0. The van der Waals surface area contributed by atoms with Crippen LogP contribution < -0.4 is 5.73 Å². The summed E-state index contributed by atoms with van der Waals surface area (Å²) in [7, 11) is 0. The van der Waals surface area contributed by atoms with E-state index in [1.165, 1.54) is 18.7 Å². The molecule has 5 heteroatoms. The molecule has 0 unspecified atom stereocenters. The lowest BCUT2D eigenvalue weighted by atomic mass is 10.4. The molecule has 2 heterocycles. The molecule has 2 N–H and O–H groups in total. The largest absolute Gasteiger partial charge is 0.470 e. The van der Waals surface area contributed by atoms with Crippen LogP contribution in [0.5, 0.6) is 0 Å². The molecule has 5 nitrogen and oxygen atoms in total. The number of carbonyl (C=O) groups excluding carboxylic acids is 1. The van der Waals surface area contributed by atoms with Crippen molar-refractivity contribution in [3.05, 3.63) is 24.5 Å². The van der Waals surface area contributed by atoms with E-state index in [0.29, 0.717) is 5.52 Å². The summed E-state index contributed by atoms with van der Waals surface area (Å²) in [5.41, 5.74) is 5.56. The predicted molar refractivity (Wildman–Crippen MR) is 40.3 cm³/mol. The van der Waals surface area contributed by atoms with E-state index in [1.54, 1.807) is 0 Å². The highest BCUT2D eigenvalue weighted by atomic mass is 16.3. The fourth-order valence-electron chi connectivity index (χ4n) is 0.880. The van der Waals surface area contributed by atoms with Gasteiger partial charge in [-0.2, -0.15) is 0 Å². The van der Waals surface area contributed by atoms with Crippen LogP contribution in [0.4, 0.5) is 0 Å². The molecule has 0 aliphatic heterocycles. The number of hydrogen-bond donors (Lipinski definition) is 1. The molecule has 0 spiro atoms. The van der Waals surface area contributed by atoms with Crippen LogP contribution in [0.25, 0.3) is 10.9 Å². The fourth-order valence-corrected chi connectivity index (χ4v) is 0.880. The van der Waals surface area contributed by atoms with Crippen molar-refractivity contribution in [1.82, 2.24) is 9.97 Å². The Morgan fingerprint density at radius 3 is 3.08 bits per heavy atom. The van der Waals surface area contributed by atoms with Gasteiger partial charge >= 0.3 is 0 Å². The highest BCUT2D eigenvalue weighted by Crippen LogP contribution is 2.10. The maximum atomic E-state index is 10.6. The van der Waals surface area contributed by atoms with Gasteiger partial charge in [0.15, 0.2) is 0 Å². The Bertz CT molecular complexity index is 435. The van der Waals surface area contributed by atoms with E-state index >= 15 is 0 Å². The van der Waals surface area contributed by atoms with Crippen molar-refractivity contribution in [3.8, 4) is 0 Å². The summed E-state index contributed by atoms with van der Waals surface area (Å²) in [6.45, 7) is 0. The molecule has 0 aliphatic carbocycles. The SMILES string of the molecule is NC(=O)c1ncc2cocc2n1. The summed E-state index contributed by atoms with van der Waals surface area (Å²) in [6.07, 6.45) is 4.43. The van der Waals surface area contributed by atoms with Crippen LogP contribution >= 0.6 is 0 Å². The molecule has 60 valence electrons. The van der Waals surface area contributed by atoms with Crippen LogP contribution in [-0.2, 0) is 0 Å². The van der Waals surface area contributed by atoms with Gasteiger partial charge in [0.05, 0.1) is 5.39 Å². The van der Waals surface area contributed by atoms with Gasteiger partial charge in [0.1, 0.15) is 18.0 Å². The van der Waals surface area contributed by atoms with E-state index in [4.69, 9.17) is 10.2 Å². The highest BCUT2D eigenvalue weighted by molar-refractivity contribution is 5.91. The molecule has 2 aromatic rings. The van der Waals surface area contributed by atoms with Crippen molar-refractivity contribution in [2.75, 3.05) is 0 Å². The Labute approximate surface area is 67.2 Å². The van der Waals surface area contributed by atoms with E-state index in [-0.39, 0.29) is 5.82 Å². The van der Waals surface area contributed by atoms with Crippen molar-refractivity contribution in [1.29, 1.82) is 0 Å². The summed E-state index contributed by atoms with van der Waals surface area (Å²) in [4.78, 5) is 18.2. The molecule has 12 heavy (non-hydrogen) atoms. The van der Waals surface area contributed by atoms with Crippen LogP contribution in [0.15, 0.2) is 23.1 Å². The lowest BCUT2D eigenvalue weighted by Gasteiger charge is -1.91. The van der Waals surface area contributed by atoms with Crippen molar-refractivity contribution in [2.24, 2.45) is 5.73 Å². The van der Waals surface area contributed by atoms with Gasteiger partial charge in [-0.05, 0) is 0 Å². The number of aromatic nitrogens is 2. The topological polar surface area (TPSA) is 82.0 Å². The third kappa shape index (κ3) is 0.914. The number of nitrogens with two attached hydrogens (primary N) is 1. The molecule has 0 bridgehead atoms. The Balaban J connectivity index is 2.68. The van der Waals surface area contributed by atoms with Gasteiger partial charge in [-0.15, -0.1) is 0 Å². The smallest absolute Gasteiger partial charge is 0.286 e. The molecule has 0 atom stereocenters. The maximum Gasteiger partial charge on any atom is 0.286 e. The first-order valence-corrected chi connectivity index (χ1v) is 3.26. The van der Waals surface area contributed by atoms with Crippen molar-refractivity contribution >= 4 is 16.8 Å². The summed E-state index contributed by atoms with van der Waals surface area (Å²) in [5.74, 6) is -0.637. The average Bonchev–Trinajstić information content (AvgIpc) is 2.49. The quantitative estimate of drug-likeness (QED) is 0.656. The second-order valence-corrected chi connectivity index (χ2v) is 2.27. The van der Waals surface area contributed by atoms with Crippen molar-refractivity contribution < 1.29 is 9.21 Å². The van der Waals surface area contributed by atoms with Gasteiger partial charge in [-0.3, -0.25) is 4.79 Å². The van der Waals surface area contributed by atoms with E-state index in [0.717, 1.165) is 5.39 Å². The van der Waals surface area contributed by atoms with E-state index < -0.39 is 5.91 Å². The zero-order valence-corrected chi connectivity index (χ0v) is 6.02. The summed E-state index contributed by atoms with van der Waals surface area (Å²) >= 11 is 0. The lowest BCUT2D eigenvalue weighted by molar-refractivity contribution is 0.0991. The number of carbonyl (C=O) groups is 1. The first kappa shape index (κ1) is 6.78. The van der Waals surface area contributed by atoms with Crippen LogP contribution in [0.2, 0.25) is 0 Å². The van der Waals surface area contributed by atoms with Crippen molar-refractivity contribution in [3.63, 3.8) is 0 Å². The molecule has 2 rings (SSSR count). The zero-order valence-electron chi connectivity index (χ0n) is 6.02. The Hall–Kier alpha value is -1.91. The molecule has 0 saturated heterocycles. The predicted octanol–water partition coefficient (Wildman–Crippen LogP) is 0.322. The Morgan fingerprint density at radius 2 is 2.33 bits per heavy atom. The minimum atomic E-state index is -0.641. The van der Waals surface area contributed by atoms with Gasteiger partial charge in [-0.1, -0.05) is 0 Å². The number of hydrogen-bond acceptors (Lipinski definition) is 4. The van der Waals surface area contributed by atoms with Crippen LogP contribution in [0.1, 0.15) is 10.6 Å². The zero-order chi connectivity index (χ0) is 8.55. The third-order valence-electron chi connectivity index (χ3n) is 1.44. The molecule has 0 radical (unpaired) electrons. The van der Waals surface area contributed by atoms with Crippen LogP contribution in [0, 0.1) is 0 Å². The molecule has 0 fully saturated rings. The van der Waals surface area contributed by atoms with Gasteiger partial charge < -0.3 is 10.2 Å². The first-order chi connectivity index (χ1) is 5.77. The standard InChI is InChI=1S/C7H5N3O2/c8-6(11)7-9-1-4-2-12-3-5(4)10-7/h1-3H,(H2,8,11). The molecule has 0 aliphatic rings. The molecular weight excluding hydrogens is 158 g/mol. The minimum Gasteiger partial charge on any atom is -0.470 e. The number of rotatable bonds is 1. The van der Waals surface area contributed by atoms with Gasteiger partial charge in [0, 0.05) is 6.20 Å². The van der Waals surface area contributed by atoms with Crippen LogP contribution in [0.3, 0.4) is 0 Å². The van der Waals surface area contributed by atoms with Gasteiger partial charge in [-0.25, -0.2) is 9.97 Å². The number of primary amides is 1. The van der Waals surface area contributed by atoms with E-state index in [9.17, 15) is 4.79 Å². The molecular formula is C7H5N3O2. The summed E-state index contributed by atoms with van der Waals surface area (Å²) in [6, 6.07) is 0. The lowest BCUT2D eigenvalue weighted by Crippen LogP contribution is -2.14. The summed E-state index contributed by atoms with van der Waals surface area (Å²) in [5, 5.41) is 0.750. The summed E-state index contributed by atoms with van der Waals surface area (Å²) < 4.78 is 4.85. The monoisotopic (exact) mass is 163 g/mol. The average molecular weight is 163 g/mol. The number of nitrogens with zero attached hydrogens (tertiary/aromatic N) is 2. The number of fused-ring (bicyclic) bond motifs is 1. The number of amides is 1. The number of furan rings is 1. The normalized spacial score (nSPS) is 10.3. The Kier molecular flexibility index (Phi) is 1.30. The molecule has 0 aromatic carbocycles. The second-order valence-electron chi connectivity index (χ2n) is 2.27. The van der Waals surface area contributed by atoms with Gasteiger partial charge in [0.2, 0.25) is 5.82 Å². The van der Waals surface area contributed by atoms with Crippen LogP contribution in [-0.4, -0.2) is 15.9 Å². The third-order valence-corrected chi connectivity index (χ3v) is 1.44. The molecule has 0 saturated carbocycles. The molecule has 1 amide bonds.